The molecule has 1 amide bonds. The van der Waals surface area contributed by atoms with E-state index in [1.165, 1.54) is 0 Å². The number of hydrogen-bond acceptors (Lipinski definition) is 3. The van der Waals surface area contributed by atoms with Crippen molar-refractivity contribution in [2.24, 2.45) is 5.92 Å². The molecular weight excluding hydrogens is 268 g/mol. The Hall–Kier alpha value is -1.00. The molecule has 20 heavy (non-hydrogen) atoms. The molecule has 0 saturated heterocycles. The zero-order valence-corrected chi connectivity index (χ0v) is 13.9. The van der Waals surface area contributed by atoms with Crippen molar-refractivity contribution in [1.29, 1.82) is 0 Å². The van der Waals surface area contributed by atoms with E-state index < -0.39 is 0 Å². The molecule has 0 aromatic heterocycles. The van der Waals surface area contributed by atoms with Gasteiger partial charge in [-0.2, -0.15) is 0 Å². The Kier molecular flexibility index (Phi) is 7.10. The summed E-state index contributed by atoms with van der Waals surface area (Å²) in [5.41, 5.74) is 1.05. The van der Waals surface area contributed by atoms with Gasteiger partial charge in [-0.05, 0) is 37.7 Å². The van der Waals surface area contributed by atoms with Gasteiger partial charge in [-0.15, -0.1) is 12.6 Å². The summed E-state index contributed by atoms with van der Waals surface area (Å²) in [6.07, 6.45) is 0.466. The molecule has 3 nitrogen and oxygen atoms in total. The van der Waals surface area contributed by atoms with Crippen LogP contribution in [0.2, 0.25) is 0 Å². The molecule has 1 aromatic rings. The van der Waals surface area contributed by atoms with E-state index in [0.717, 1.165) is 30.1 Å². The molecular formula is C16H26N2OS. The van der Waals surface area contributed by atoms with Crippen molar-refractivity contribution < 1.29 is 4.79 Å². The van der Waals surface area contributed by atoms with Crippen LogP contribution < -0.4 is 0 Å². The molecule has 1 rings (SSSR count). The van der Waals surface area contributed by atoms with Crippen molar-refractivity contribution in [2.75, 3.05) is 33.7 Å². The smallest absolute Gasteiger partial charge is 0.227 e. The van der Waals surface area contributed by atoms with Crippen molar-refractivity contribution in [1.82, 2.24) is 9.80 Å². The molecule has 1 aromatic carbocycles. The van der Waals surface area contributed by atoms with Crippen LogP contribution in [0.1, 0.15) is 19.4 Å². The molecule has 0 heterocycles. The molecule has 0 atom stereocenters. The van der Waals surface area contributed by atoms with Gasteiger partial charge in [0.1, 0.15) is 0 Å². The van der Waals surface area contributed by atoms with Crippen molar-refractivity contribution in [3.05, 3.63) is 29.8 Å². The predicted octanol–water partition coefficient (Wildman–Crippen LogP) is 2.56. The minimum absolute atomic E-state index is 0.201. The second kappa shape index (κ2) is 8.32. The first-order chi connectivity index (χ1) is 9.38. The number of carbonyl (C=O) groups is 1. The van der Waals surface area contributed by atoms with Crippen molar-refractivity contribution in [3.8, 4) is 0 Å². The van der Waals surface area contributed by atoms with E-state index in [-0.39, 0.29) is 5.91 Å². The van der Waals surface area contributed by atoms with Gasteiger partial charge in [-0.25, -0.2) is 0 Å². The van der Waals surface area contributed by atoms with Crippen LogP contribution in [0.5, 0.6) is 0 Å². The number of rotatable bonds is 7. The SMILES string of the molecule is CC(C)CN(CCN(C)C)C(=O)Cc1ccc(S)cc1. The predicted molar refractivity (Wildman–Crippen MR) is 87.4 cm³/mol. The second-order valence-electron chi connectivity index (χ2n) is 5.88. The Balaban J connectivity index is 2.64. The zero-order valence-electron chi connectivity index (χ0n) is 13.0. The fourth-order valence-corrected chi connectivity index (χ4v) is 2.13. The average Bonchev–Trinajstić information content (AvgIpc) is 2.36. The van der Waals surface area contributed by atoms with Crippen LogP contribution in [0.4, 0.5) is 0 Å². The lowest BCUT2D eigenvalue weighted by Crippen LogP contribution is -2.39. The first-order valence-corrected chi connectivity index (χ1v) is 7.53. The van der Waals surface area contributed by atoms with Crippen molar-refractivity contribution in [2.45, 2.75) is 25.2 Å². The molecule has 0 aliphatic carbocycles. The standard InChI is InChI=1S/C16H26N2OS/c1-13(2)12-18(10-9-17(3)4)16(19)11-14-5-7-15(20)8-6-14/h5-8,13,20H,9-12H2,1-4H3. The lowest BCUT2D eigenvalue weighted by Gasteiger charge is -2.26. The molecule has 0 aliphatic rings. The lowest BCUT2D eigenvalue weighted by molar-refractivity contribution is -0.131. The zero-order chi connectivity index (χ0) is 15.1. The summed E-state index contributed by atoms with van der Waals surface area (Å²) in [7, 11) is 4.06. The third kappa shape index (κ3) is 6.44. The highest BCUT2D eigenvalue weighted by molar-refractivity contribution is 7.80. The van der Waals surface area contributed by atoms with Gasteiger partial charge >= 0.3 is 0 Å². The fourth-order valence-electron chi connectivity index (χ4n) is 1.98. The van der Waals surface area contributed by atoms with Gasteiger partial charge < -0.3 is 9.80 Å². The minimum atomic E-state index is 0.201. The van der Waals surface area contributed by atoms with E-state index in [1.54, 1.807) is 0 Å². The van der Waals surface area contributed by atoms with Crippen LogP contribution in [-0.4, -0.2) is 49.4 Å². The minimum Gasteiger partial charge on any atom is -0.341 e. The molecule has 0 unspecified atom stereocenters. The van der Waals surface area contributed by atoms with Crippen LogP contribution in [0, 0.1) is 5.92 Å². The number of benzene rings is 1. The van der Waals surface area contributed by atoms with Crippen LogP contribution in [0.25, 0.3) is 0 Å². The number of nitrogens with zero attached hydrogens (tertiary/aromatic N) is 2. The molecule has 0 aliphatic heterocycles. The topological polar surface area (TPSA) is 23.6 Å². The first-order valence-electron chi connectivity index (χ1n) is 7.09. The van der Waals surface area contributed by atoms with Gasteiger partial charge in [0.05, 0.1) is 6.42 Å². The molecule has 0 saturated carbocycles. The summed E-state index contributed by atoms with van der Waals surface area (Å²) in [6, 6.07) is 7.80. The largest absolute Gasteiger partial charge is 0.341 e. The summed E-state index contributed by atoms with van der Waals surface area (Å²) >= 11 is 4.26. The summed E-state index contributed by atoms with van der Waals surface area (Å²) < 4.78 is 0. The molecule has 4 heteroatoms. The van der Waals surface area contributed by atoms with Crippen LogP contribution in [0.15, 0.2) is 29.2 Å². The molecule has 0 N–H and O–H groups in total. The maximum atomic E-state index is 12.4. The van der Waals surface area contributed by atoms with Crippen LogP contribution in [-0.2, 0) is 11.2 Å². The van der Waals surface area contributed by atoms with Gasteiger partial charge in [-0.3, -0.25) is 4.79 Å². The average molecular weight is 294 g/mol. The monoisotopic (exact) mass is 294 g/mol. The fraction of sp³-hybridized carbons (Fsp3) is 0.562. The maximum Gasteiger partial charge on any atom is 0.227 e. The summed E-state index contributed by atoms with van der Waals surface area (Å²) in [5, 5.41) is 0. The second-order valence-corrected chi connectivity index (χ2v) is 6.40. The van der Waals surface area contributed by atoms with Gasteiger partial charge in [0.25, 0.3) is 0 Å². The highest BCUT2D eigenvalue weighted by Crippen LogP contribution is 2.10. The number of thiol groups is 1. The number of amides is 1. The van der Waals surface area contributed by atoms with Crippen molar-refractivity contribution >= 4 is 18.5 Å². The Bertz CT molecular complexity index is 415. The number of hydrogen-bond donors (Lipinski definition) is 1. The van der Waals surface area contributed by atoms with E-state index >= 15 is 0 Å². The summed E-state index contributed by atoms with van der Waals surface area (Å²) in [6.45, 7) is 6.79. The molecule has 0 spiro atoms. The van der Waals surface area contributed by atoms with E-state index in [2.05, 4.69) is 31.4 Å². The van der Waals surface area contributed by atoms with Crippen LogP contribution >= 0.6 is 12.6 Å². The Morgan fingerprint density at radius 3 is 2.25 bits per heavy atom. The van der Waals surface area contributed by atoms with Gasteiger partial charge in [0.2, 0.25) is 5.91 Å². The third-order valence-corrected chi connectivity index (χ3v) is 3.35. The Morgan fingerprint density at radius 2 is 1.75 bits per heavy atom. The summed E-state index contributed by atoms with van der Waals surface area (Å²) in [5.74, 6) is 0.688. The lowest BCUT2D eigenvalue weighted by atomic mass is 10.1. The number of carbonyl (C=O) groups excluding carboxylic acids is 1. The van der Waals surface area contributed by atoms with E-state index in [1.807, 2.05) is 43.3 Å². The quantitative estimate of drug-likeness (QED) is 0.781. The van der Waals surface area contributed by atoms with E-state index in [4.69, 9.17) is 0 Å². The van der Waals surface area contributed by atoms with Gasteiger partial charge in [0, 0.05) is 24.5 Å². The van der Waals surface area contributed by atoms with Gasteiger partial charge in [0.15, 0.2) is 0 Å². The summed E-state index contributed by atoms with van der Waals surface area (Å²) in [4.78, 5) is 17.4. The first kappa shape index (κ1) is 17.1. The van der Waals surface area contributed by atoms with Crippen molar-refractivity contribution in [3.63, 3.8) is 0 Å². The normalized spacial score (nSPS) is 11.2. The highest BCUT2D eigenvalue weighted by atomic mass is 32.1. The van der Waals surface area contributed by atoms with E-state index in [9.17, 15) is 4.79 Å². The van der Waals surface area contributed by atoms with Gasteiger partial charge in [-0.1, -0.05) is 26.0 Å². The Labute approximate surface area is 128 Å². The molecule has 0 radical (unpaired) electrons. The molecule has 0 fully saturated rings. The number of likely N-dealkylation sites (N-methyl/N-ethyl adjacent to an activating group) is 1. The molecule has 112 valence electrons. The molecule has 0 bridgehead atoms. The van der Waals surface area contributed by atoms with E-state index in [0.29, 0.717) is 12.3 Å². The third-order valence-electron chi connectivity index (χ3n) is 3.05. The van der Waals surface area contributed by atoms with Crippen LogP contribution in [0.3, 0.4) is 0 Å². The highest BCUT2D eigenvalue weighted by Gasteiger charge is 2.15. The maximum absolute atomic E-state index is 12.4. The Morgan fingerprint density at radius 1 is 1.15 bits per heavy atom.